The Morgan fingerprint density at radius 2 is 1.67 bits per heavy atom. The number of hydrogen-bond donors (Lipinski definition) is 0. The van der Waals surface area contributed by atoms with Gasteiger partial charge in [0.25, 0.3) is 0 Å². The summed E-state index contributed by atoms with van der Waals surface area (Å²) in [6, 6.07) is 6.44. The van der Waals surface area contributed by atoms with Gasteiger partial charge >= 0.3 is 6.18 Å². The Balaban J connectivity index is 1.72. The molecule has 2 heterocycles. The van der Waals surface area contributed by atoms with E-state index < -0.39 is 31.7 Å². The highest BCUT2D eigenvalue weighted by Crippen LogP contribution is 2.36. The first-order valence-corrected chi connectivity index (χ1v) is 9.98. The van der Waals surface area contributed by atoms with Crippen molar-refractivity contribution in [2.45, 2.75) is 17.6 Å². The van der Waals surface area contributed by atoms with Gasteiger partial charge in [0.15, 0.2) is 0 Å². The van der Waals surface area contributed by atoms with E-state index in [2.05, 4.69) is 9.88 Å². The minimum absolute atomic E-state index is 0.206. The number of hydrogen-bond acceptors (Lipinski definition) is 4. The van der Waals surface area contributed by atoms with E-state index >= 15 is 0 Å². The lowest BCUT2D eigenvalue weighted by atomic mass is 10.2. The van der Waals surface area contributed by atoms with Crippen molar-refractivity contribution >= 4 is 21.6 Å². The van der Waals surface area contributed by atoms with Crippen molar-refractivity contribution in [3.63, 3.8) is 0 Å². The standard InChI is InChI=1S/C17H17ClF3N3O2S/c18-16-2-1-14(11-15(16)17(19,20)21)27(25,26)24-9-7-23(8-10-24)12-13-3-5-22-6-4-13/h1-6,11H,7-10,12H2. The van der Waals surface area contributed by atoms with Gasteiger partial charge in [0.1, 0.15) is 0 Å². The predicted molar refractivity (Wildman–Crippen MR) is 94.7 cm³/mol. The number of rotatable bonds is 4. The quantitative estimate of drug-likeness (QED) is 0.763. The first-order chi connectivity index (χ1) is 12.7. The summed E-state index contributed by atoms with van der Waals surface area (Å²) < 4.78 is 65.7. The van der Waals surface area contributed by atoms with Crippen molar-refractivity contribution in [3.05, 3.63) is 58.9 Å². The Morgan fingerprint density at radius 1 is 1.04 bits per heavy atom. The van der Waals surface area contributed by atoms with Crippen LogP contribution < -0.4 is 0 Å². The molecule has 0 N–H and O–H groups in total. The van der Waals surface area contributed by atoms with Gasteiger partial charge in [-0.05, 0) is 35.9 Å². The first-order valence-electron chi connectivity index (χ1n) is 8.16. The molecule has 0 spiro atoms. The summed E-state index contributed by atoms with van der Waals surface area (Å²) in [6.07, 6.45) is -1.34. The van der Waals surface area contributed by atoms with Crippen molar-refractivity contribution in [3.8, 4) is 0 Å². The highest BCUT2D eigenvalue weighted by Gasteiger charge is 2.36. The minimum atomic E-state index is -4.72. The van der Waals surface area contributed by atoms with Gasteiger partial charge < -0.3 is 0 Å². The second kappa shape index (κ2) is 7.75. The molecule has 0 radical (unpaired) electrons. The van der Waals surface area contributed by atoms with Crippen LogP contribution in [0.4, 0.5) is 13.2 Å². The number of pyridine rings is 1. The number of benzene rings is 1. The van der Waals surface area contributed by atoms with Crippen molar-refractivity contribution in [1.29, 1.82) is 0 Å². The van der Waals surface area contributed by atoms with Crippen LogP contribution in [0.1, 0.15) is 11.1 Å². The van der Waals surface area contributed by atoms with E-state index in [4.69, 9.17) is 11.6 Å². The summed E-state index contributed by atoms with van der Waals surface area (Å²) in [5.74, 6) is 0. The van der Waals surface area contributed by atoms with Gasteiger partial charge in [0.05, 0.1) is 15.5 Å². The Bertz CT molecular complexity index is 899. The van der Waals surface area contributed by atoms with E-state index in [9.17, 15) is 21.6 Å². The maximum Gasteiger partial charge on any atom is 0.417 e. The topological polar surface area (TPSA) is 53.5 Å². The molecule has 0 bridgehead atoms. The van der Waals surface area contributed by atoms with Crippen LogP contribution in [0, 0.1) is 0 Å². The van der Waals surface area contributed by atoms with Crippen LogP contribution >= 0.6 is 11.6 Å². The molecule has 5 nitrogen and oxygen atoms in total. The zero-order chi connectivity index (χ0) is 19.7. The monoisotopic (exact) mass is 419 g/mol. The van der Waals surface area contributed by atoms with Crippen LogP contribution in [0.2, 0.25) is 5.02 Å². The van der Waals surface area contributed by atoms with Gasteiger partial charge in [-0.2, -0.15) is 17.5 Å². The first kappa shape index (κ1) is 20.1. The third kappa shape index (κ3) is 4.60. The number of sulfonamides is 1. The van der Waals surface area contributed by atoms with Gasteiger partial charge in [-0.25, -0.2) is 8.42 Å². The lowest BCUT2D eigenvalue weighted by molar-refractivity contribution is -0.137. The van der Waals surface area contributed by atoms with E-state index in [1.54, 1.807) is 12.4 Å². The number of alkyl halides is 3. The lowest BCUT2D eigenvalue weighted by Crippen LogP contribution is -2.48. The van der Waals surface area contributed by atoms with Gasteiger partial charge in [0.2, 0.25) is 10.0 Å². The van der Waals surface area contributed by atoms with Crippen molar-refractivity contribution < 1.29 is 21.6 Å². The molecule has 1 aromatic heterocycles. The largest absolute Gasteiger partial charge is 0.417 e. The molecule has 146 valence electrons. The summed E-state index contributed by atoms with van der Waals surface area (Å²) in [7, 11) is -4.02. The van der Waals surface area contributed by atoms with Crippen LogP contribution in [-0.2, 0) is 22.7 Å². The fraction of sp³-hybridized carbons (Fsp3) is 0.353. The maximum absolute atomic E-state index is 13.0. The third-order valence-electron chi connectivity index (χ3n) is 4.37. The van der Waals surface area contributed by atoms with Crippen LogP contribution in [0.5, 0.6) is 0 Å². The molecule has 0 saturated carbocycles. The van der Waals surface area contributed by atoms with Crippen LogP contribution in [0.25, 0.3) is 0 Å². The molecule has 0 amide bonds. The van der Waals surface area contributed by atoms with E-state index in [0.717, 1.165) is 17.7 Å². The van der Waals surface area contributed by atoms with Gasteiger partial charge in [0, 0.05) is 45.1 Å². The average molecular weight is 420 g/mol. The SMILES string of the molecule is O=S(=O)(c1ccc(Cl)c(C(F)(F)F)c1)N1CCN(Cc2ccncc2)CC1. The van der Waals surface area contributed by atoms with Crippen LogP contribution in [0.3, 0.4) is 0 Å². The molecule has 0 atom stereocenters. The molecule has 0 unspecified atom stereocenters. The Labute approximate surface area is 160 Å². The van der Waals surface area contributed by atoms with Crippen molar-refractivity contribution in [2.75, 3.05) is 26.2 Å². The highest BCUT2D eigenvalue weighted by molar-refractivity contribution is 7.89. The highest BCUT2D eigenvalue weighted by atomic mass is 35.5. The Kier molecular flexibility index (Phi) is 5.76. The molecule has 10 heteroatoms. The van der Waals surface area contributed by atoms with Crippen LogP contribution in [0.15, 0.2) is 47.6 Å². The molecule has 1 aliphatic rings. The second-order valence-electron chi connectivity index (χ2n) is 6.18. The van der Waals surface area contributed by atoms with Crippen LogP contribution in [-0.4, -0.2) is 48.8 Å². The van der Waals surface area contributed by atoms with Crippen molar-refractivity contribution in [2.24, 2.45) is 0 Å². The van der Waals surface area contributed by atoms with Gasteiger partial charge in [-0.15, -0.1) is 0 Å². The van der Waals surface area contributed by atoms with E-state index in [1.165, 1.54) is 4.31 Å². The number of nitrogens with zero attached hydrogens (tertiary/aromatic N) is 3. The molecule has 3 rings (SSSR count). The molecule has 2 aromatic rings. The molecule has 27 heavy (non-hydrogen) atoms. The van der Waals surface area contributed by atoms with E-state index in [1.807, 2.05) is 12.1 Å². The second-order valence-corrected chi connectivity index (χ2v) is 8.52. The van der Waals surface area contributed by atoms with Crippen molar-refractivity contribution in [1.82, 2.24) is 14.2 Å². The minimum Gasteiger partial charge on any atom is -0.296 e. The number of piperazine rings is 1. The normalized spacial score (nSPS) is 17.2. The summed E-state index contributed by atoms with van der Waals surface area (Å²) in [4.78, 5) is 5.64. The summed E-state index contributed by atoms with van der Waals surface area (Å²) >= 11 is 5.57. The molecule has 1 aromatic carbocycles. The Morgan fingerprint density at radius 3 is 2.26 bits per heavy atom. The molecule has 0 aliphatic carbocycles. The average Bonchev–Trinajstić information content (AvgIpc) is 2.62. The molecular formula is C17H17ClF3N3O2S. The Hall–Kier alpha value is -1.68. The van der Waals surface area contributed by atoms with Gasteiger partial charge in [-0.3, -0.25) is 9.88 Å². The predicted octanol–water partition coefficient (Wildman–Crippen LogP) is 3.26. The maximum atomic E-state index is 13.0. The summed E-state index contributed by atoms with van der Waals surface area (Å²) in [6.45, 7) is 2.05. The molecule has 1 saturated heterocycles. The zero-order valence-electron chi connectivity index (χ0n) is 14.2. The molecule has 1 aliphatic heterocycles. The number of aromatic nitrogens is 1. The third-order valence-corrected chi connectivity index (χ3v) is 6.59. The number of halogens is 4. The fourth-order valence-corrected chi connectivity index (χ4v) is 4.58. The summed E-state index contributed by atoms with van der Waals surface area (Å²) in [5.41, 5.74) is -0.0876. The zero-order valence-corrected chi connectivity index (χ0v) is 15.7. The molecule has 1 fully saturated rings. The fourth-order valence-electron chi connectivity index (χ4n) is 2.91. The van der Waals surface area contributed by atoms with E-state index in [0.29, 0.717) is 25.7 Å². The van der Waals surface area contributed by atoms with Gasteiger partial charge in [-0.1, -0.05) is 11.6 Å². The molecular weight excluding hydrogens is 403 g/mol. The smallest absolute Gasteiger partial charge is 0.296 e. The van der Waals surface area contributed by atoms with E-state index in [-0.39, 0.29) is 13.1 Å². The lowest BCUT2D eigenvalue weighted by Gasteiger charge is -2.34. The summed E-state index contributed by atoms with van der Waals surface area (Å²) in [5, 5.41) is -0.524.